The maximum Gasteiger partial charge on any atom is 0.216 e. The fourth-order valence-electron chi connectivity index (χ4n) is 3.27. The molecule has 0 unspecified atom stereocenters. The van der Waals surface area contributed by atoms with Crippen molar-refractivity contribution in [2.24, 2.45) is 12.1 Å². The Morgan fingerprint density at radius 1 is 1.15 bits per heavy atom. The molecular formula is C20H20N6S. The molecule has 7 heteroatoms. The third-order valence-electron chi connectivity index (χ3n) is 4.81. The Balaban J connectivity index is 1.72. The highest BCUT2D eigenvalue weighted by molar-refractivity contribution is 7.71. The van der Waals surface area contributed by atoms with Crippen molar-refractivity contribution in [2.45, 2.75) is 20.3 Å². The van der Waals surface area contributed by atoms with Gasteiger partial charge in [-0.05, 0) is 42.4 Å². The van der Waals surface area contributed by atoms with E-state index in [0.717, 1.165) is 22.8 Å². The highest BCUT2D eigenvalue weighted by Gasteiger charge is 2.10. The lowest BCUT2D eigenvalue weighted by Crippen LogP contribution is -2.01. The second kappa shape index (κ2) is 6.92. The minimum Gasteiger partial charge on any atom is -0.272 e. The molecule has 136 valence electrons. The van der Waals surface area contributed by atoms with Gasteiger partial charge >= 0.3 is 0 Å². The number of aromatic amines is 1. The lowest BCUT2D eigenvalue weighted by atomic mass is 10.0. The summed E-state index contributed by atoms with van der Waals surface area (Å²) in [5, 5.41) is 18.7. The lowest BCUT2D eigenvalue weighted by Gasteiger charge is -2.06. The standard InChI is InChI=1S/C20H20N6S/c1-13-18(14(2)25(3)24-13)12-21-26-19(22-23-20(26)27)11-16-9-6-8-15-7-4-5-10-17(15)16/h4-10,12H,11H2,1-3H3,(H,23,27)/b21-12-. The van der Waals surface area contributed by atoms with E-state index in [2.05, 4.69) is 56.8 Å². The molecule has 0 amide bonds. The van der Waals surface area contributed by atoms with Crippen molar-refractivity contribution in [1.82, 2.24) is 24.7 Å². The molecule has 0 spiro atoms. The number of nitrogens with one attached hydrogen (secondary N) is 1. The quantitative estimate of drug-likeness (QED) is 0.434. The molecule has 0 saturated heterocycles. The first-order valence-corrected chi connectivity index (χ1v) is 9.13. The normalized spacial score (nSPS) is 11.7. The van der Waals surface area contributed by atoms with Crippen molar-refractivity contribution < 1.29 is 0 Å². The SMILES string of the molecule is Cc1nn(C)c(C)c1/C=N\n1c(Cc2cccc3ccccc23)n[nH]c1=S. The Hall–Kier alpha value is -3.06. The Labute approximate surface area is 162 Å². The summed E-state index contributed by atoms with van der Waals surface area (Å²) >= 11 is 5.38. The first-order valence-electron chi connectivity index (χ1n) is 8.72. The number of nitrogens with zero attached hydrogens (tertiary/aromatic N) is 5. The summed E-state index contributed by atoms with van der Waals surface area (Å²) in [5.41, 5.74) is 4.18. The largest absolute Gasteiger partial charge is 0.272 e. The monoisotopic (exact) mass is 376 g/mol. The highest BCUT2D eigenvalue weighted by Crippen LogP contribution is 2.21. The second-order valence-corrected chi connectivity index (χ2v) is 6.91. The van der Waals surface area contributed by atoms with Gasteiger partial charge in [-0.15, -0.1) is 0 Å². The minimum absolute atomic E-state index is 0.473. The van der Waals surface area contributed by atoms with Gasteiger partial charge in [0, 0.05) is 24.7 Å². The number of fused-ring (bicyclic) bond motifs is 1. The van der Waals surface area contributed by atoms with Crippen molar-refractivity contribution in [3.8, 4) is 0 Å². The zero-order valence-corrected chi connectivity index (χ0v) is 16.3. The van der Waals surface area contributed by atoms with E-state index in [-0.39, 0.29) is 0 Å². The number of rotatable bonds is 4. The van der Waals surface area contributed by atoms with Gasteiger partial charge in [0.15, 0.2) is 5.82 Å². The van der Waals surface area contributed by atoms with Crippen molar-refractivity contribution in [3.63, 3.8) is 0 Å². The molecule has 1 N–H and O–H groups in total. The molecule has 4 rings (SSSR count). The average Bonchev–Trinajstić information content (AvgIpc) is 3.13. The van der Waals surface area contributed by atoms with Crippen molar-refractivity contribution >= 4 is 29.2 Å². The summed E-state index contributed by atoms with van der Waals surface area (Å²) in [7, 11) is 1.93. The van der Waals surface area contributed by atoms with Crippen LogP contribution in [0, 0.1) is 18.6 Å². The van der Waals surface area contributed by atoms with E-state index >= 15 is 0 Å². The average molecular weight is 376 g/mol. The minimum atomic E-state index is 0.473. The molecule has 0 aliphatic carbocycles. The molecule has 0 aliphatic rings. The molecule has 0 radical (unpaired) electrons. The van der Waals surface area contributed by atoms with Gasteiger partial charge in [0.25, 0.3) is 0 Å². The molecule has 0 fully saturated rings. The Kier molecular flexibility index (Phi) is 4.45. The van der Waals surface area contributed by atoms with Crippen LogP contribution < -0.4 is 0 Å². The molecule has 2 aromatic heterocycles. The van der Waals surface area contributed by atoms with E-state index in [4.69, 9.17) is 12.2 Å². The predicted octanol–water partition coefficient (Wildman–Crippen LogP) is 3.92. The molecule has 27 heavy (non-hydrogen) atoms. The van der Waals surface area contributed by atoms with Crippen LogP contribution in [0.25, 0.3) is 10.8 Å². The molecule has 0 saturated carbocycles. The number of hydrogen-bond acceptors (Lipinski definition) is 4. The summed E-state index contributed by atoms with van der Waals surface area (Å²) in [6, 6.07) is 14.6. The Morgan fingerprint density at radius 2 is 1.93 bits per heavy atom. The van der Waals surface area contributed by atoms with Gasteiger partial charge in [-0.3, -0.25) is 9.78 Å². The zero-order chi connectivity index (χ0) is 19.0. The summed E-state index contributed by atoms with van der Waals surface area (Å²) in [6.07, 6.45) is 2.44. The summed E-state index contributed by atoms with van der Waals surface area (Å²) in [4.78, 5) is 0. The maximum absolute atomic E-state index is 5.38. The van der Waals surface area contributed by atoms with Crippen LogP contribution in [-0.4, -0.2) is 30.9 Å². The molecule has 0 bridgehead atoms. The van der Waals surface area contributed by atoms with E-state index in [1.165, 1.54) is 16.3 Å². The summed E-state index contributed by atoms with van der Waals surface area (Å²) in [5.74, 6) is 0.770. The van der Waals surface area contributed by atoms with Crippen molar-refractivity contribution in [1.29, 1.82) is 0 Å². The molecule has 4 aromatic rings. The van der Waals surface area contributed by atoms with Crippen LogP contribution in [0.4, 0.5) is 0 Å². The van der Waals surface area contributed by atoms with Crippen LogP contribution in [0.2, 0.25) is 0 Å². The number of H-pyrrole nitrogens is 1. The van der Waals surface area contributed by atoms with Crippen LogP contribution in [0.5, 0.6) is 0 Å². The third-order valence-corrected chi connectivity index (χ3v) is 5.08. The first-order chi connectivity index (χ1) is 13.0. The fourth-order valence-corrected chi connectivity index (χ4v) is 3.47. The topological polar surface area (TPSA) is 63.8 Å². The highest BCUT2D eigenvalue weighted by atomic mass is 32.1. The van der Waals surface area contributed by atoms with Crippen LogP contribution >= 0.6 is 12.2 Å². The van der Waals surface area contributed by atoms with E-state index in [1.54, 1.807) is 10.9 Å². The van der Waals surface area contributed by atoms with Gasteiger partial charge in [0.05, 0.1) is 11.9 Å². The number of benzene rings is 2. The molecule has 6 nitrogen and oxygen atoms in total. The van der Waals surface area contributed by atoms with Crippen molar-refractivity contribution in [2.75, 3.05) is 0 Å². The summed E-state index contributed by atoms with van der Waals surface area (Å²) < 4.78 is 4.01. The van der Waals surface area contributed by atoms with Crippen molar-refractivity contribution in [3.05, 3.63) is 75.6 Å². The zero-order valence-electron chi connectivity index (χ0n) is 15.5. The smallest absolute Gasteiger partial charge is 0.216 e. The first kappa shape index (κ1) is 17.4. The maximum atomic E-state index is 5.38. The van der Waals surface area contributed by atoms with E-state index in [9.17, 15) is 0 Å². The van der Waals surface area contributed by atoms with Gasteiger partial charge in [-0.1, -0.05) is 42.5 Å². The van der Waals surface area contributed by atoms with E-state index in [1.807, 2.05) is 31.6 Å². The van der Waals surface area contributed by atoms with Gasteiger partial charge in [0.1, 0.15) is 0 Å². The van der Waals surface area contributed by atoms with E-state index in [0.29, 0.717) is 11.2 Å². The molecular weight excluding hydrogens is 356 g/mol. The molecule has 2 heterocycles. The number of hydrogen-bond donors (Lipinski definition) is 1. The predicted molar refractivity (Wildman–Crippen MR) is 110 cm³/mol. The van der Waals surface area contributed by atoms with Gasteiger partial charge < -0.3 is 0 Å². The number of aromatic nitrogens is 5. The molecule has 2 aromatic carbocycles. The molecule has 0 aliphatic heterocycles. The van der Waals surface area contributed by atoms with Crippen LogP contribution in [-0.2, 0) is 13.5 Å². The lowest BCUT2D eigenvalue weighted by molar-refractivity contribution is 0.731. The third kappa shape index (κ3) is 3.21. The summed E-state index contributed by atoms with van der Waals surface area (Å²) in [6.45, 7) is 3.99. The fraction of sp³-hybridized carbons (Fsp3) is 0.200. The van der Waals surface area contributed by atoms with Gasteiger partial charge in [0.2, 0.25) is 4.77 Å². The van der Waals surface area contributed by atoms with Crippen LogP contribution in [0.15, 0.2) is 47.6 Å². The van der Waals surface area contributed by atoms with Crippen LogP contribution in [0.1, 0.15) is 28.3 Å². The Bertz CT molecular complexity index is 1210. The molecule has 0 atom stereocenters. The van der Waals surface area contributed by atoms with Crippen LogP contribution in [0.3, 0.4) is 0 Å². The second-order valence-electron chi connectivity index (χ2n) is 6.52. The van der Waals surface area contributed by atoms with Gasteiger partial charge in [-0.25, -0.2) is 0 Å². The van der Waals surface area contributed by atoms with Gasteiger partial charge in [-0.2, -0.15) is 20.0 Å². The Morgan fingerprint density at radius 3 is 2.70 bits per heavy atom. The number of aryl methyl sites for hydroxylation is 2. The van der Waals surface area contributed by atoms with E-state index < -0.39 is 0 Å².